The van der Waals surface area contributed by atoms with E-state index in [2.05, 4.69) is 0 Å². The van der Waals surface area contributed by atoms with Gasteiger partial charge in [-0.3, -0.25) is 4.79 Å². The molecule has 1 rings (SSSR count). The molecule has 3 nitrogen and oxygen atoms in total. The van der Waals surface area contributed by atoms with Crippen LogP contribution >= 0.6 is 0 Å². The molecule has 1 aliphatic carbocycles. The monoisotopic (exact) mass is 150 g/mol. The van der Waals surface area contributed by atoms with Gasteiger partial charge in [-0.1, -0.05) is 0 Å². The van der Waals surface area contributed by atoms with E-state index >= 15 is 0 Å². The molecule has 0 saturated heterocycles. The van der Waals surface area contributed by atoms with Gasteiger partial charge in [-0.05, 0) is 6.42 Å². The number of aliphatic carboxylic acids is 1. The number of carboxylic acids is 1. The van der Waals surface area contributed by atoms with Gasteiger partial charge < -0.3 is 9.90 Å². The molecular formula is C6H7NaO3. The summed E-state index contributed by atoms with van der Waals surface area (Å²) in [5.74, 6) is -1.54. The minimum absolute atomic E-state index is 0. The summed E-state index contributed by atoms with van der Waals surface area (Å²) in [7, 11) is 0. The Balaban J connectivity index is 0.000000810. The molecule has 4 heteroatoms. The Hall–Kier alpha value is 0.140. The van der Waals surface area contributed by atoms with E-state index in [1.807, 2.05) is 0 Å². The summed E-state index contributed by atoms with van der Waals surface area (Å²) in [6, 6.07) is 0. The van der Waals surface area contributed by atoms with Crippen LogP contribution in [0.3, 0.4) is 0 Å². The molecule has 10 heavy (non-hydrogen) atoms. The van der Waals surface area contributed by atoms with Gasteiger partial charge in [0.2, 0.25) is 0 Å². The van der Waals surface area contributed by atoms with Crippen molar-refractivity contribution in [1.82, 2.24) is 0 Å². The van der Waals surface area contributed by atoms with Crippen molar-refractivity contribution >= 4 is 11.8 Å². The van der Waals surface area contributed by atoms with E-state index in [0.29, 0.717) is 12.8 Å². The summed E-state index contributed by atoms with van der Waals surface area (Å²) in [5, 5.41) is 10.1. The summed E-state index contributed by atoms with van der Waals surface area (Å²) in [6.45, 7) is 0. The summed E-state index contributed by atoms with van der Waals surface area (Å²) >= 11 is 0. The van der Waals surface area contributed by atoms with Crippen molar-refractivity contribution in [3.63, 3.8) is 0 Å². The van der Waals surface area contributed by atoms with Gasteiger partial charge in [0.15, 0.2) is 0 Å². The molecule has 1 fully saturated rings. The number of hydrogen-bond acceptors (Lipinski definition) is 3. The van der Waals surface area contributed by atoms with E-state index in [0.717, 1.165) is 0 Å². The Labute approximate surface area is 81.1 Å². The minimum Gasteiger partial charge on any atom is -0.550 e. The number of carboxylic acid groups (broad SMARTS) is 1. The molecule has 0 aliphatic heterocycles. The molecule has 0 aromatic rings. The fourth-order valence-electron chi connectivity index (χ4n) is 1.02. The second kappa shape index (κ2) is 4.11. The van der Waals surface area contributed by atoms with Gasteiger partial charge >= 0.3 is 29.6 Å². The number of rotatable bonds is 1. The molecule has 0 amide bonds. The largest absolute Gasteiger partial charge is 1.00 e. The molecule has 1 aliphatic rings. The van der Waals surface area contributed by atoms with Gasteiger partial charge in [-0.2, -0.15) is 0 Å². The first-order valence-corrected chi connectivity index (χ1v) is 2.92. The van der Waals surface area contributed by atoms with Gasteiger partial charge in [0.25, 0.3) is 0 Å². The molecule has 0 spiro atoms. The average Bonchev–Trinajstić information content (AvgIpc) is 2.14. The SMILES string of the molecule is O=C1CCC(C(=O)[O-])C1.[Na+]. The van der Waals surface area contributed by atoms with Crippen LogP contribution in [0.4, 0.5) is 0 Å². The van der Waals surface area contributed by atoms with Crippen molar-refractivity contribution in [2.24, 2.45) is 5.92 Å². The smallest absolute Gasteiger partial charge is 0.550 e. The van der Waals surface area contributed by atoms with Crippen molar-refractivity contribution < 1.29 is 44.3 Å². The molecule has 1 atom stereocenters. The molecule has 0 radical (unpaired) electrons. The van der Waals surface area contributed by atoms with Crippen LogP contribution in [0.5, 0.6) is 0 Å². The summed E-state index contributed by atoms with van der Waals surface area (Å²) < 4.78 is 0. The predicted octanol–water partition coefficient (Wildman–Crippen LogP) is -3.89. The molecule has 50 valence electrons. The second-order valence-corrected chi connectivity index (χ2v) is 2.30. The Morgan fingerprint density at radius 2 is 2.20 bits per heavy atom. The Kier molecular flexibility index (Phi) is 4.17. The predicted molar refractivity (Wildman–Crippen MR) is 27.4 cm³/mol. The molecular weight excluding hydrogens is 143 g/mol. The quantitative estimate of drug-likeness (QED) is 0.359. The first kappa shape index (κ1) is 10.1. The third-order valence-electron chi connectivity index (χ3n) is 1.58. The molecule has 0 N–H and O–H groups in total. The summed E-state index contributed by atoms with van der Waals surface area (Å²) in [6.07, 6.45) is 1.07. The van der Waals surface area contributed by atoms with Crippen molar-refractivity contribution in [1.29, 1.82) is 0 Å². The van der Waals surface area contributed by atoms with E-state index in [1.165, 1.54) is 0 Å². The van der Waals surface area contributed by atoms with Crippen molar-refractivity contribution in [2.75, 3.05) is 0 Å². The zero-order chi connectivity index (χ0) is 6.85. The van der Waals surface area contributed by atoms with Gasteiger partial charge in [0.05, 0.1) is 0 Å². The standard InChI is InChI=1S/C6H8O3.Na/c7-5-2-1-4(3-5)6(8)9;/h4H,1-3H2,(H,8,9);/q;+1/p-1. The van der Waals surface area contributed by atoms with E-state index in [1.54, 1.807) is 0 Å². The van der Waals surface area contributed by atoms with Crippen LogP contribution in [0, 0.1) is 5.92 Å². The second-order valence-electron chi connectivity index (χ2n) is 2.30. The summed E-state index contributed by atoms with van der Waals surface area (Å²) in [5.41, 5.74) is 0. The van der Waals surface area contributed by atoms with E-state index in [-0.39, 0.29) is 41.8 Å². The zero-order valence-corrected chi connectivity index (χ0v) is 7.92. The number of carbonyl (C=O) groups excluding carboxylic acids is 2. The Morgan fingerprint density at radius 3 is 2.40 bits per heavy atom. The van der Waals surface area contributed by atoms with Gasteiger partial charge in [-0.15, -0.1) is 0 Å². The average molecular weight is 150 g/mol. The van der Waals surface area contributed by atoms with Crippen LogP contribution < -0.4 is 34.7 Å². The Bertz CT molecular complexity index is 155. The molecule has 1 saturated carbocycles. The Morgan fingerprint density at radius 1 is 1.60 bits per heavy atom. The third kappa shape index (κ3) is 2.40. The number of ketones is 1. The molecule has 0 aromatic carbocycles. The molecule has 0 heterocycles. The minimum atomic E-state index is -1.08. The number of Topliss-reactive ketones (excluding diaryl/α,β-unsaturated/α-hetero) is 1. The number of carbonyl (C=O) groups is 2. The maximum absolute atomic E-state index is 10.5. The van der Waals surface area contributed by atoms with Crippen molar-refractivity contribution in [3.8, 4) is 0 Å². The summed E-state index contributed by atoms with van der Waals surface area (Å²) in [4.78, 5) is 20.6. The van der Waals surface area contributed by atoms with Crippen LogP contribution in [0.15, 0.2) is 0 Å². The van der Waals surface area contributed by atoms with E-state index in [4.69, 9.17) is 0 Å². The first-order chi connectivity index (χ1) is 4.20. The third-order valence-corrected chi connectivity index (χ3v) is 1.58. The molecule has 0 bridgehead atoms. The fraction of sp³-hybridized carbons (Fsp3) is 0.667. The van der Waals surface area contributed by atoms with Gasteiger partial charge in [0.1, 0.15) is 5.78 Å². The zero-order valence-electron chi connectivity index (χ0n) is 5.92. The van der Waals surface area contributed by atoms with Gasteiger partial charge in [0, 0.05) is 24.7 Å². The maximum Gasteiger partial charge on any atom is 1.00 e. The topological polar surface area (TPSA) is 57.2 Å². The van der Waals surface area contributed by atoms with Gasteiger partial charge in [-0.25, -0.2) is 0 Å². The van der Waals surface area contributed by atoms with Crippen LogP contribution in [-0.4, -0.2) is 11.8 Å². The molecule has 1 unspecified atom stereocenters. The van der Waals surface area contributed by atoms with Crippen molar-refractivity contribution in [2.45, 2.75) is 19.3 Å². The maximum atomic E-state index is 10.5. The van der Waals surface area contributed by atoms with E-state index < -0.39 is 11.9 Å². The van der Waals surface area contributed by atoms with Crippen molar-refractivity contribution in [3.05, 3.63) is 0 Å². The first-order valence-electron chi connectivity index (χ1n) is 2.92. The van der Waals surface area contributed by atoms with Crippen LogP contribution in [0.2, 0.25) is 0 Å². The van der Waals surface area contributed by atoms with Crippen LogP contribution in [0.25, 0.3) is 0 Å². The fourth-order valence-corrected chi connectivity index (χ4v) is 1.02. The number of hydrogen-bond donors (Lipinski definition) is 0. The van der Waals surface area contributed by atoms with Crippen LogP contribution in [0.1, 0.15) is 19.3 Å². The molecule has 0 aromatic heterocycles. The van der Waals surface area contributed by atoms with Crippen LogP contribution in [-0.2, 0) is 9.59 Å². The normalized spacial score (nSPS) is 24.0. The van der Waals surface area contributed by atoms with E-state index in [9.17, 15) is 14.7 Å².